The van der Waals surface area contributed by atoms with Gasteiger partial charge >= 0.3 is 0 Å². The second-order valence-electron chi connectivity index (χ2n) is 5.23. The summed E-state index contributed by atoms with van der Waals surface area (Å²) in [4.78, 5) is 4.65. The molecule has 0 saturated heterocycles. The predicted octanol–water partition coefficient (Wildman–Crippen LogP) is 1.65. The maximum absolute atomic E-state index is 3.60. The van der Waals surface area contributed by atoms with Crippen LogP contribution in [0.25, 0.3) is 0 Å². The summed E-state index contributed by atoms with van der Waals surface area (Å²) in [5, 5.41) is 3.60. The van der Waals surface area contributed by atoms with Crippen molar-refractivity contribution >= 4 is 0 Å². The molecular weight excluding hydrogens is 198 g/mol. The van der Waals surface area contributed by atoms with Gasteiger partial charge in [-0.3, -0.25) is 0 Å². The number of nitrogens with one attached hydrogen (secondary N) is 1. The summed E-state index contributed by atoms with van der Waals surface area (Å²) < 4.78 is 0. The van der Waals surface area contributed by atoms with Crippen LogP contribution in [0.4, 0.5) is 0 Å². The second-order valence-corrected chi connectivity index (χ2v) is 5.23. The van der Waals surface area contributed by atoms with Crippen LogP contribution in [0.15, 0.2) is 0 Å². The molecule has 0 heterocycles. The van der Waals surface area contributed by atoms with Crippen molar-refractivity contribution in [2.24, 2.45) is 0 Å². The molecule has 3 heteroatoms. The van der Waals surface area contributed by atoms with E-state index in [1.807, 2.05) is 0 Å². The number of rotatable bonds is 9. The van der Waals surface area contributed by atoms with Crippen LogP contribution in [-0.2, 0) is 0 Å². The van der Waals surface area contributed by atoms with Crippen LogP contribution in [0, 0.1) is 0 Å². The highest BCUT2D eigenvalue weighted by atomic mass is 15.2. The monoisotopic (exact) mass is 229 g/mol. The molecule has 0 rings (SSSR count). The minimum Gasteiger partial charge on any atom is -0.313 e. The van der Waals surface area contributed by atoms with Gasteiger partial charge in [-0.25, -0.2) is 0 Å². The van der Waals surface area contributed by atoms with Gasteiger partial charge in [0.2, 0.25) is 0 Å². The van der Waals surface area contributed by atoms with Gasteiger partial charge in [0.15, 0.2) is 0 Å². The molecule has 0 amide bonds. The zero-order valence-electron chi connectivity index (χ0n) is 12.1. The van der Waals surface area contributed by atoms with Gasteiger partial charge in [0, 0.05) is 31.7 Å². The summed E-state index contributed by atoms with van der Waals surface area (Å²) in [5.74, 6) is 0. The van der Waals surface area contributed by atoms with Gasteiger partial charge in [-0.1, -0.05) is 13.3 Å². The fourth-order valence-electron chi connectivity index (χ4n) is 1.64. The quantitative estimate of drug-likeness (QED) is 0.648. The average Bonchev–Trinajstić information content (AvgIpc) is 2.22. The second kappa shape index (κ2) is 8.97. The average molecular weight is 229 g/mol. The van der Waals surface area contributed by atoms with Gasteiger partial charge in [0.1, 0.15) is 0 Å². The molecule has 0 radical (unpaired) electrons. The molecule has 3 nitrogen and oxygen atoms in total. The van der Waals surface area contributed by atoms with Crippen molar-refractivity contribution in [3.8, 4) is 0 Å². The summed E-state index contributed by atoms with van der Waals surface area (Å²) in [5.41, 5.74) is 0. The Balaban J connectivity index is 3.65. The molecule has 0 bridgehead atoms. The molecule has 0 aliphatic rings. The smallest absolute Gasteiger partial charge is 0.0189 e. The van der Waals surface area contributed by atoms with E-state index in [4.69, 9.17) is 0 Å². The maximum atomic E-state index is 3.60. The van der Waals surface area contributed by atoms with Crippen LogP contribution in [0.5, 0.6) is 0 Å². The summed E-state index contributed by atoms with van der Waals surface area (Å²) in [6.07, 6.45) is 2.53. The first-order valence-electron chi connectivity index (χ1n) is 6.55. The fraction of sp³-hybridized carbons (Fsp3) is 1.00. The molecule has 0 spiro atoms. The van der Waals surface area contributed by atoms with E-state index in [0.717, 1.165) is 19.6 Å². The minimum absolute atomic E-state index is 0.610. The Labute approximate surface area is 102 Å². The van der Waals surface area contributed by atoms with Crippen molar-refractivity contribution in [2.75, 3.05) is 40.8 Å². The fourth-order valence-corrected chi connectivity index (χ4v) is 1.64. The van der Waals surface area contributed by atoms with Crippen LogP contribution in [0.1, 0.15) is 33.6 Å². The molecule has 0 aromatic carbocycles. The van der Waals surface area contributed by atoms with Crippen LogP contribution in [0.2, 0.25) is 0 Å². The molecule has 0 fully saturated rings. The molecule has 0 aromatic heterocycles. The highest BCUT2D eigenvalue weighted by Gasteiger charge is 2.10. The zero-order valence-corrected chi connectivity index (χ0v) is 12.1. The van der Waals surface area contributed by atoms with Crippen molar-refractivity contribution < 1.29 is 0 Å². The molecule has 2 atom stereocenters. The van der Waals surface area contributed by atoms with Crippen LogP contribution < -0.4 is 5.32 Å². The Kier molecular flexibility index (Phi) is 8.90. The summed E-state index contributed by atoms with van der Waals surface area (Å²) in [6, 6.07) is 1.26. The summed E-state index contributed by atoms with van der Waals surface area (Å²) in [7, 11) is 6.46. The molecule has 16 heavy (non-hydrogen) atoms. The Bertz CT molecular complexity index is 159. The molecule has 2 unspecified atom stereocenters. The first kappa shape index (κ1) is 15.9. The van der Waals surface area contributed by atoms with Gasteiger partial charge in [0.25, 0.3) is 0 Å². The van der Waals surface area contributed by atoms with E-state index in [2.05, 4.69) is 57.0 Å². The van der Waals surface area contributed by atoms with E-state index in [1.54, 1.807) is 0 Å². The SMILES string of the molecule is CCCC(C)NCC(C)N(C)CCN(C)C. The number of nitrogens with zero attached hydrogens (tertiary/aromatic N) is 2. The number of hydrogen-bond acceptors (Lipinski definition) is 3. The normalized spacial score (nSPS) is 15.8. The third-order valence-corrected chi connectivity index (χ3v) is 3.14. The van der Waals surface area contributed by atoms with Gasteiger partial charge in [-0.15, -0.1) is 0 Å². The Morgan fingerprint density at radius 1 is 1.06 bits per heavy atom. The Hall–Kier alpha value is -0.120. The maximum Gasteiger partial charge on any atom is 0.0189 e. The number of hydrogen-bond donors (Lipinski definition) is 1. The molecule has 98 valence electrons. The van der Waals surface area contributed by atoms with Crippen LogP contribution in [-0.4, -0.2) is 62.7 Å². The third kappa shape index (κ3) is 8.08. The summed E-state index contributed by atoms with van der Waals surface area (Å²) >= 11 is 0. The zero-order chi connectivity index (χ0) is 12.6. The summed E-state index contributed by atoms with van der Waals surface area (Å²) in [6.45, 7) is 10.2. The van der Waals surface area contributed by atoms with E-state index >= 15 is 0 Å². The molecule has 0 aliphatic carbocycles. The molecule has 1 N–H and O–H groups in total. The lowest BCUT2D eigenvalue weighted by Crippen LogP contribution is -2.43. The lowest BCUT2D eigenvalue weighted by Gasteiger charge is -2.27. The van der Waals surface area contributed by atoms with E-state index < -0.39 is 0 Å². The van der Waals surface area contributed by atoms with E-state index in [-0.39, 0.29) is 0 Å². The van der Waals surface area contributed by atoms with Gasteiger partial charge < -0.3 is 15.1 Å². The standard InChI is InChI=1S/C13H31N3/c1-7-8-12(2)14-11-13(3)16(6)10-9-15(4)5/h12-14H,7-11H2,1-6H3. The van der Waals surface area contributed by atoms with Crippen molar-refractivity contribution in [1.29, 1.82) is 0 Å². The van der Waals surface area contributed by atoms with Gasteiger partial charge in [0.05, 0.1) is 0 Å². The predicted molar refractivity (Wildman–Crippen MR) is 73.0 cm³/mol. The molecular formula is C13H31N3. The van der Waals surface area contributed by atoms with Crippen molar-refractivity contribution in [3.63, 3.8) is 0 Å². The van der Waals surface area contributed by atoms with Crippen molar-refractivity contribution in [1.82, 2.24) is 15.1 Å². The van der Waals surface area contributed by atoms with Crippen molar-refractivity contribution in [2.45, 2.75) is 45.7 Å². The first-order valence-corrected chi connectivity index (χ1v) is 6.55. The highest BCUT2D eigenvalue weighted by molar-refractivity contribution is 4.70. The third-order valence-electron chi connectivity index (χ3n) is 3.14. The van der Waals surface area contributed by atoms with Gasteiger partial charge in [-0.05, 0) is 41.4 Å². The Morgan fingerprint density at radius 3 is 2.19 bits per heavy atom. The van der Waals surface area contributed by atoms with Gasteiger partial charge in [-0.2, -0.15) is 0 Å². The Morgan fingerprint density at radius 2 is 1.69 bits per heavy atom. The lowest BCUT2D eigenvalue weighted by atomic mass is 10.2. The van der Waals surface area contributed by atoms with Crippen molar-refractivity contribution in [3.05, 3.63) is 0 Å². The lowest BCUT2D eigenvalue weighted by molar-refractivity contribution is 0.220. The van der Waals surface area contributed by atoms with Crippen LogP contribution >= 0.6 is 0 Å². The largest absolute Gasteiger partial charge is 0.313 e. The van der Waals surface area contributed by atoms with Crippen LogP contribution in [0.3, 0.4) is 0 Å². The molecule has 0 aliphatic heterocycles. The highest BCUT2D eigenvalue weighted by Crippen LogP contribution is 1.98. The number of likely N-dealkylation sites (N-methyl/N-ethyl adjacent to an activating group) is 2. The first-order chi connectivity index (χ1) is 7.47. The molecule has 0 saturated carbocycles. The molecule has 0 aromatic rings. The topological polar surface area (TPSA) is 18.5 Å². The van der Waals surface area contributed by atoms with E-state index in [1.165, 1.54) is 12.8 Å². The van der Waals surface area contributed by atoms with E-state index in [0.29, 0.717) is 12.1 Å². The van der Waals surface area contributed by atoms with E-state index in [9.17, 15) is 0 Å². The minimum atomic E-state index is 0.610.